The average molecular weight is 449 g/mol. The van der Waals surface area contributed by atoms with Gasteiger partial charge in [0.25, 0.3) is 0 Å². The van der Waals surface area contributed by atoms with Crippen LogP contribution in [0, 0.1) is 0 Å². The molecule has 1 rings (SSSR count). The van der Waals surface area contributed by atoms with Gasteiger partial charge in [0.2, 0.25) is 5.91 Å². The Morgan fingerprint density at radius 3 is 1.97 bits per heavy atom. The van der Waals surface area contributed by atoms with Crippen LogP contribution >= 0.6 is 0 Å². The molecule has 4 nitrogen and oxygen atoms in total. The maximum Gasteiger partial charge on any atom is 0.221 e. The molecule has 0 aromatic rings. The summed E-state index contributed by atoms with van der Waals surface area (Å²) in [5, 5.41) is 6.65. The number of hydrogen-bond acceptors (Lipinski definition) is 2. The van der Waals surface area contributed by atoms with E-state index in [1.807, 2.05) is 0 Å². The van der Waals surface area contributed by atoms with E-state index in [0.717, 1.165) is 17.4 Å². The minimum absolute atomic E-state index is 0.0529. The first-order valence-corrected chi connectivity index (χ1v) is 13.8. The van der Waals surface area contributed by atoms with Crippen molar-refractivity contribution in [2.45, 2.75) is 143 Å². The number of unbranched alkanes of at least 4 members (excludes halogenated alkanes) is 13. The summed E-state index contributed by atoms with van der Waals surface area (Å²) >= 11 is 0. The third kappa shape index (κ3) is 11.5. The maximum atomic E-state index is 11.5. The summed E-state index contributed by atoms with van der Waals surface area (Å²) in [6.07, 6.45) is 31.1. The minimum atomic E-state index is 0.0529. The molecule has 0 aromatic carbocycles. The molecule has 0 aliphatic carbocycles. The number of rotatable bonds is 20. The molecular weight excluding hydrogens is 394 g/mol. The number of carbonyl (C=O) groups is 1. The Bertz CT molecular complexity index is 531. The first kappa shape index (κ1) is 28.7. The van der Waals surface area contributed by atoms with Crippen LogP contribution in [0.25, 0.3) is 0 Å². The second kappa shape index (κ2) is 18.2. The quantitative estimate of drug-likeness (QED) is 0.115. The van der Waals surface area contributed by atoms with Gasteiger partial charge in [0.05, 0.1) is 12.7 Å². The zero-order valence-electron chi connectivity index (χ0n) is 21.8. The number of amides is 1. The topological polar surface area (TPSA) is 41.1 Å². The molecule has 2 N–H and O–H groups in total. The van der Waals surface area contributed by atoms with Crippen LogP contribution in [0.3, 0.4) is 0 Å². The van der Waals surface area contributed by atoms with Crippen LogP contribution in [-0.4, -0.2) is 29.3 Å². The standard InChI is InChI=1S/C28H53N3O/c1-5-7-8-9-10-11-12-13-14-15-16-17-18-19-20-21-22-23-28-29-24-25-31(28,6-2)26(3)30-27(4)32/h10-11,24-26,28-29H,5-9,12-23H2,1-4H3/p+1/b11-10+. The molecule has 0 spiro atoms. The zero-order valence-corrected chi connectivity index (χ0v) is 21.8. The van der Waals surface area contributed by atoms with Crippen molar-refractivity contribution in [2.75, 3.05) is 6.54 Å². The highest BCUT2D eigenvalue weighted by Crippen LogP contribution is 2.26. The predicted octanol–water partition coefficient (Wildman–Crippen LogP) is 7.52. The second-order valence-corrected chi connectivity index (χ2v) is 9.77. The van der Waals surface area contributed by atoms with Crippen LogP contribution in [0.1, 0.15) is 130 Å². The Kier molecular flexibility index (Phi) is 16.3. The normalized spacial score (nSPS) is 21.2. The Morgan fingerprint density at radius 1 is 0.906 bits per heavy atom. The lowest BCUT2D eigenvalue weighted by molar-refractivity contribution is -0.923. The number of allylic oxidation sites excluding steroid dienone is 2. The van der Waals surface area contributed by atoms with Gasteiger partial charge in [-0.15, -0.1) is 0 Å². The van der Waals surface area contributed by atoms with Crippen molar-refractivity contribution in [3.63, 3.8) is 0 Å². The van der Waals surface area contributed by atoms with Crippen molar-refractivity contribution in [1.82, 2.24) is 10.6 Å². The maximum absolute atomic E-state index is 11.5. The van der Waals surface area contributed by atoms with Crippen LogP contribution in [0.4, 0.5) is 0 Å². The Morgan fingerprint density at radius 2 is 1.44 bits per heavy atom. The summed E-state index contributed by atoms with van der Waals surface area (Å²) < 4.78 is 0.814. The second-order valence-electron chi connectivity index (χ2n) is 9.77. The molecule has 0 bridgehead atoms. The smallest absolute Gasteiger partial charge is 0.221 e. The van der Waals surface area contributed by atoms with E-state index in [2.05, 4.69) is 56.0 Å². The highest BCUT2D eigenvalue weighted by atomic mass is 16.1. The Balaban J connectivity index is 1.99. The summed E-state index contributed by atoms with van der Waals surface area (Å²) in [6, 6.07) is 0. The van der Waals surface area contributed by atoms with Gasteiger partial charge in [-0.25, -0.2) is 0 Å². The number of hydrogen-bond donors (Lipinski definition) is 2. The molecule has 186 valence electrons. The minimum Gasteiger partial charge on any atom is -0.338 e. The highest BCUT2D eigenvalue weighted by molar-refractivity contribution is 5.72. The molecule has 0 saturated carbocycles. The third-order valence-corrected chi connectivity index (χ3v) is 7.14. The fraction of sp³-hybridized carbons (Fsp3) is 0.821. The highest BCUT2D eigenvalue weighted by Gasteiger charge is 2.41. The molecule has 1 amide bonds. The Hall–Kier alpha value is -1.29. The van der Waals surface area contributed by atoms with E-state index in [9.17, 15) is 4.79 Å². The van der Waals surface area contributed by atoms with Crippen molar-refractivity contribution in [2.24, 2.45) is 0 Å². The lowest BCUT2D eigenvalue weighted by Crippen LogP contribution is -2.62. The number of nitrogens with one attached hydrogen (secondary N) is 2. The predicted molar refractivity (Wildman–Crippen MR) is 139 cm³/mol. The van der Waals surface area contributed by atoms with E-state index >= 15 is 0 Å². The molecule has 1 aliphatic rings. The van der Waals surface area contributed by atoms with Gasteiger partial charge in [0, 0.05) is 20.3 Å². The van der Waals surface area contributed by atoms with Crippen molar-refractivity contribution in [3.8, 4) is 0 Å². The summed E-state index contributed by atoms with van der Waals surface area (Å²) in [7, 11) is 0. The molecule has 0 aromatic heterocycles. The lowest BCUT2D eigenvalue weighted by Gasteiger charge is -2.41. The van der Waals surface area contributed by atoms with Gasteiger partial charge in [-0.3, -0.25) is 9.28 Å². The number of quaternary nitrogens is 1. The van der Waals surface area contributed by atoms with Gasteiger partial charge < -0.3 is 10.6 Å². The SMILES string of the molecule is CCCCC/C=C/CCCCCCCCCCCCC1NC=C[N+]1(CC)C(C)NC(C)=O. The fourth-order valence-electron chi connectivity index (χ4n) is 5.03. The van der Waals surface area contributed by atoms with Gasteiger partial charge in [0.15, 0.2) is 12.3 Å². The lowest BCUT2D eigenvalue weighted by atomic mass is 10.0. The largest absolute Gasteiger partial charge is 0.338 e. The van der Waals surface area contributed by atoms with E-state index in [0.29, 0.717) is 6.17 Å². The summed E-state index contributed by atoms with van der Waals surface area (Å²) in [6.45, 7) is 9.21. The Labute approximate surface area is 199 Å². The first-order chi connectivity index (χ1) is 15.6. The average Bonchev–Trinajstić information content (AvgIpc) is 3.19. The molecule has 1 heterocycles. The third-order valence-electron chi connectivity index (χ3n) is 7.14. The van der Waals surface area contributed by atoms with Gasteiger partial charge >= 0.3 is 0 Å². The van der Waals surface area contributed by atoms with Crippen molar-refractivity contribution >= 4 is 5.91 Å². The number of nitrogens with zero attached hydrogens (tertiary/aromatic N) is 1. The summed E-state index contributed by atoms with van der Waals surface area (Å²) in [5.74, 6) is 0.0529. The molecule has 32 heavy (non-hydrogen) atoms. The van der Waals surface area contributed by atoms with Crippen molar-refractivity contribution in [1.29, 1.82) is 0 Å². The molecule has 0 radical (unpaired) electrons. The van der Waals surface area contributed by atoms with E-state index in [1.54, 1.807) is 6.92 Å². The molecule has 4 heteroatoms. The van der Waals surface area contributed by atoms with Crippen LogP contribution < -0.4 is 10.6 Å². The van der Waals surface area contributed by atoms with Crippen LogP contribution in [0.15, 0.2) is 24.6 Å². The van der Waals surface area contributed by atoms with Gasteiger partial charge in [0.1, 0.15) is 6.20 Å². The van der Waals surface area contributed by atoms with Crippen LogP contribution in [0.5, 0.6) is 0 Å². The van der Waals surface area contributed by atoms with Crippen LogP contribution in [-0.2, 0) is 4.79 Å². The van der Waals surface area contributed by atoms with Crippen molar-refractivity contribution < 1.29 is 9.28 Å². The van der Waals surface area contributed by atoms with Gasteiger partial charge in [-0.1, -0.05) is 83.3 Å². The molecule has 3 unspecified atom stereocenters. The molecule has 1 aliphatic heterocycles. The van der Waals surface area contributed by atoms with E-state index in [4.69, 9.17) is 0 Å². The van der Waals surface area contributed by atoms with Crippen LogP contribution in [0.2, 0.25) is 0 Å². The number of carbonyl (C=O) groups excluding carboxylic acids is 1. The monoisotopic (exact) mass is 448 g/mol. The van der Waals surface area contributed by atoms with Crippen molar-refractivity contribution in [3.05, 3.63) is 24.6 Å². The molecule has 3 atom stereocenters. The van der Waals surface area contributed by atoms with Gasteiger partial charge in [-0.2, -0.15) is 0 Å². The van der Waals surface area contributed by atoms with E-state index < -0.39 is 0 Å². The van der Waals surface area contributed by atoms with E-state index in [-0.39, 0.29) is 12.1 Å². The zero-order chi connectivity index (χ0) is 23.5. The molecule has 0 saturated heterocycles. The van der Waals surface area contributed by atoms with Gasteiger partial charge in [-0.05, 0) is 39.0 Å². The molecular formula is C28H54N3O+. The summed E-state index contributed by atoms with van der Waals surface area (Å²) in [4.78, 5) is 11.5. The molecule has 0 fully saturated rings. The van der Waals surface area contributed by atoms with E-state index in [1.165, 1.54) is 96.3 Å². The first-order valence-electron chi connectivity index (χ1n) is 13.8. The fourth-order valence-corrected chi connectivity index (χ4v) is 5.03. The summed E-state index contributed by atoms with van der Waals surface area (Å²) in [5.41, 5.74) is 0.